The summed E-state index contributed by atoms with van der Waals surface area (Å²) in [5, 5.41) is 0. The van der Waals surface area contributed by atoms with Crippen LogP contribution in [0.25, 0.3) is 20.7 Å². The van der Waals surface area contributed by atoms with E-state index in [9.17, 15) is 0 Å². The maximum Gasteiger partial charge on any atom is 0.153 e. The third kappa shape index (κ3) is 8.69. The molecule has 0 unspecified atom stereocenters. The number of thiazole rings is 2. The number of rotatable bonds is 23. The van der Waals surface area contributed by atoms with Crippen LogP contribution in [0.1, 0.15) is 180 Å². The maximum absolute atomic E-state index is 5.66. The van der Waals surface area contributed by atoms with Crippen molar-refractivity contribution >= 4 is 68.8 Å². The zero-order valence-corrected chi connectivity index (χ0v) is 36.9. The van der Waals surface area contributed by atoms with Crippen LogP contribution < -0.4 is 9.26 Å². The highest BCUT2D eigenvalue weighted by Gasteiger charge is 2.49. The Bertz CT molecular complexity index is 1200. The highest BCUT2D eigenvalue weighted by molar-refractivity contribution is 7.37. The van der Waals surface area contributed by atoms with E-state index in [0.29, 0.717) is 33.2 Å². The zero-order valence-electron chi connectivity index (χ0n) is 33.2. The summed E-state index contributed by atoms with van der Waals surface area (Å²) in [5.41, 5.74) is 6.55. The smallest absolute Gasteiger partial charge is 0.153 e. The minimum atomic E-state index is -1.83. The summed E-state index contributed by atoms with van der Waals surface area (Å²) >= 11 is 4.13. The first-order chi connectivity index (χ1) is 22.3. The molecule has 0 aliphatic heterocycles. The number of unbranched alkanes of at least 4 members (excludes halogenated alkanes) is 13. The number of aromatic nitrogens is 3. The van der Waals surface area contributed by atoms with Gasteiger partial charge in [-0.05, 0) is 39.7 Å². The van der Waals surface area contributed by atoms with E-state index in [4.69, 9.17) is 9.97 Å². The Balaban J connectivity index is 1.84. The third-order valence-corrected chi connectivity index (χ3v) is 29.9. The van der Waals surface area contributed by atoms with Gasteiger partial charge in [-0.3, -0.25) is 0 Å². The monoisotopic (exact) mass is 717 g/mol. The van der Waals surface area contributed by atoms with Crippen LogP contribution in [-0.2, 0) is 6.54 Å². The van der Waals surface area contributed by atoms with Crippen LogP contribution in [-0.4, -0.2) is 30.7 Å². The Morgan fingerprint density at radius 2 is 0.723 bits per heavy atom. The Kier molecular flexibility index (Phi) is 16.2. The lowest BCUT2D eigenvalue weighted by Crippen LogP contribution is -2.55. The maximum atomic E-state index is 5.66. The van der Waals surface area contributed by atoms with Crippen LogP contribution in [0.2, 0.25) is 33.2 Å². The van der Waals surface area contributed by atoms with E-state index in [0.717, 1.165) is 6.54 Å². The minimum absolute atomic E-state index is 0.674. The molecule has 0 amide bonds. The van der Waals surface area contributed by atoms with Crippen molar-refractivity contribution in [2.24, 2.45) is 0 Å². The molecular formula is C40H75N3S2Si2. The van der Waals surface area contributed by atoms with E-state index in [1.807, 2.05) is 0 Å². The fourth-order valence-electron chi connectivity index (χ4n) is 9.91. The molecule has 0 aromatic carbocycles. The number of hydrogen-bond acceptors (Lipinski definition) is 4. The minimum Gasteiger partial charge on any atom is -0.309 e. The molecular weight excluding hydrogens is 643 g/mol. The van der Waals surface area contributed by atoms with Crippen molar-refractivity contribution < 1.29 is 0 Å². The number of nitrogens with zero attached hydrogens (tertiary/aromatic N) is 3. The molecule has 3 aromatic heterocycles. The molecule has 0 atom stereocenters. The van der Waals surface area contributed by atoms with Gasteiger partial charge < -0.3 is 4.57 Å². The highest BCUT2D eigenvalue weighted by atomic mass is 32.1. The van der Waals surface area contributed by atoms with E-state index in [-0.39, 0.29) is 0 Å². The van der Waals surface area contributed by atoms with Gasteiger partial charge in [0, 0.05) is 6.54 Å². The summed E-state index contributed by atoms with van der Waals surface area (Å²) in [6, 6.07) is 0. The van der Waals surface area contributed by atoms with Gasteiger partial charge in [0.25, 0.3) is 0 Å². The molecule has 3 nitrogen and oxygen atoms in total. The number of aryl methyl sites for hydroxylation is 1. The molecule has 0 fully saturated rings. The lowest BCUT2D eigenvalue weighted by Gasteiger charge is -2.41. The molecule has 3 aromatic rings. The summed E-state index contributed by atoms with van der Waals surface area (Å²) in [6.45, 7) is 33.1. The lowest BCUT2D eigenvalue weighted by molar-refractivity contribution is 0.527. The second-order valence-corrected chi connectivity index (χ2v) is 31.2. The molecule has 0 saturated carbocycles. The largest absolute Gasteiger partial charge is 0.309 e. The SMILES string of the molecule is CCCCCCCCCCCCCCCCn1c2nc([Si](C(C)C)(C(C)C)C(C)C)sc2c2sc([Si](C(C)C)(C(C)C)C(C)C)nc21. The first-order valence-electron chi connectivity index (χ1n) is 20.1. The molecule has 0 saturated heterocycles. The van der Waals surface area contributed by atoms with Crippen LogP contribution >= 0.6 is 22.7 Å². The van der Waals surface area contributed by atoms with E-state index in [2.05, 4.69) is 117 Å². The molecule has 0 aliphatic carbocycles. The third-order valence-electron chi connectivity index (χ3n) is 12.1. The Morgan fingerprint density at radius 1 is 0.447 bits per heavy atom. The molecule has 0 bridgehead atoms. The van der Waals surface area contributed by atoms with Crippen molar-refractivity contribution in [1.29, 1.82) is 0 Å². The summed E-state index contributed by atoms with van der Waals surface area (Å²) in [6.07, 6.45) is 19.6. The lowest BCUT2D eigenvalue weighted by atomic mass is 10.0. The summed E-state index contributed by atoms with van der Waals surface area (Å²) in [5.74, 6) is 0. The molecule has 3 rings (SSSR count). The molecule has 47 heavy (non-hydrogen) atoms. The first-order valence-corrected chi connectivity index (χ1v) is 26.2. The normalized spacial score (nSPS) is 13.5. The van der Waals surface area contributed by atoms with Gasteiger partial charge in [-0.25, -0.2) is 9.97 Å². The van der Waals surface area contributed by atoms with E-state index in [1.54, 1.807) is 0 Å². The Hall–Kier alpha value is -0.506. The molecule has 0 radical (unpaired) electrons. The van der Waals surface area contributed by atoms with Crippen molar-refractivity contribution in [3.05, 3.63) is 0 Å². The fourth-order valence-corrected chi connectivity index (χ4v) is 29.5. The number of hydrogen-bond donors (Lipinski definition) is 0. The van der Waals surface area contributed by atoms with Crippen LogP contribution in [0.3, 0.4) is 0 Å². The van der Waals surface area contributed by atoms with Gasteiger partial charge in [-0.2, -0.15) is 0 Å². The Morgan fingerprint density at radius 3 is 1.00 bits per heavy atom. The van der Waals surface area contributed by atoms with Crippen LogP contribution in [0.15, 0.2) is 0 Å². The topological polar surface area (TPSA) is 30.7 Å². The van der Waals surface area contributed by atoms with Crippen molar-refractivity contribution in [1.82, 2.24) is 14.5 Å². The first kappa shape index (κ1) is 40.9. The summed E-state index contributed by atoms with van der Waals surface area (Å²) in [4.78, 5) is 11.3. The van der Waals surface area contributed by atoms with Gasteiger partial charge in [-0.1, -0.05) is 173 Å². The van der Waals surface area contributed by atoms with Crippen LogP contribution in [0.4, 0.5) is 0 Å². The van der Waals surface area contributed by atoms with E-state index >= 15 is 0 Å². The van der Waals surface area contributed by atoms with Gasteiger partial charge in [0.05, 0.1) is 18.7 Å². The van der Waals surface area contributed by atoms with Crippen molar-refractivity contribution in [2.45, 2.75) is 220 Å². The Labute approximate surface area is 301 Å². The standard InChI is InChI=1S/C40H75N3S2Si2/c1-14-15-16-17-18-19-20-21-22-23-24-25-26-27-28-43-37-35(44-39(41-37)46(29(2)3,30(4)5)31(6)7)36-38(43)42-40(45-36)47(32(8)9,33(10)11)34(12)13/h29-34H,14-28H2,1-13H3. The zero-order chi connectivity index (χ0) is 34.9. The predicted molar refractivity (Wildman–Crippen MR) is 222 cm³/mol. The van der Waals surface area contributed by atoms with Crippen molar-refractivity contribution in [3.8, 4) is 0 Å². The highest BCUT2D eigenvalue weighted by Crippen LogP contribution is 2.46. The van der Waals surface area contributed by atoms with Crippen molar-refractivity contribution in [3.63, 3.8) is 0 Å². The van der Waals surface area contributed by atoms with E-state index in [1.165, 1.54) is 120 Å². The van der Waals surface area contributed by atoms with E-state index < -0.39 is 16.1 Å². The van der Waals surface area contributed by atoms with Gasteiger partial charge in [-0.15, -0.1) is 22.7 Å². The second-order valence-electron chi connectivity index (χ2n) is 16.9. The predicted octanol–water partition coefficient (Wildman–Crippen LogP) is 14.0. The molecule has 270 valence electrons. The van der Waals surface area contributed by atoms with Crippen LogP contribution in [0.5, 0.6) is 0 Å². The quantitative estimate of drug-likeness (QED) is 0.0722. The molecule has 7 heteroatoms. The molecule has 3 heterocycles. The average molecular weight is 718 g/mol. The average Bonchev–Trinajstić information content (AvgIpc) is 3.65. The molecule has 0 aliphatic rings. The molecule has 0 N–H and O–H groups in total. The summed E-state index contributed by atoms with van der Waals surface area (Å²) < 4.78 is 8.47. The van der Waals surface area contributed by atoms with Crippen molar-refractivity contribution in [2.75, 3.05) is 0 Å². The van der Waals surface area contributed by atoms with Gasteiger partial charge in [0.2, 0.25) is 0 Å². The molecule has 0 spiro atoms. The second kappa shape index (κ2) is 18.6. The van der Waals surface area contributed by atoms with Crippen LogP contribution in [0, 0.1) is 0 Å². The summed E-state index contributed by atoms with van der Waals surface area (Å²) in [7, 11) is -3.66. The van der Waals surface area contributed by atoms with Gasteiger partial charge in [0.15, 0.2) is 11.3 Å². The fraction of sp³-hybridized carbons (Fsp3) is 0.850. The van der Waals surface area contributed by atoms with Gasteiger partial charge in [0.1, 0.15) is 16.1 Å². The van der Waals surface area contributed by atoms with Gasteiger partial charge >= 0.3 is 0 Å². The number of fused-ring (bicyclic) bond motifs is 3.